The van der Waals surface area contributed by atoms with Crippen LogP contribution in [-0.2, 0) is 4.79 Å². The molecule has 0 radical (unpaired) electrons. The van der Waals surface area contributed by atoms with Crippen LogP contribution in [0, 0.1) is 0 Å². The maximum Gasteiger partial charge on any atom is 0.247 e. The van der Waals surface area contributed by atoms with Gasteiger partial charge in [-0.1, -0.05) is 18.7 Å². The zero-order valence-electron chi connectivity index (χ0n) is 19.2. The first-order valence-electron chi connectivity index (χ1n) is 11.4. The van der Waals surface area contributed by atoms with E-state index >= 15 is 0 Å². The van der Waals surface area contributed by atoms with Crippen LogP contribution in [0.5, 0.6) is 0 Å². The van der Waals surface area contributed by atoms with Gasteiger partial charge in [0.2, 0.25) is 5.91 Å². The Morgan fingerprint density at radius 1 is 1.00 bits per heavy atom. The van der Waals surface area contributed by atoms with Crippen LogP contribution in [-0.4, -0.2) is 53.4 Å². The molecule has 1 amide bonds. The van der Waals surface area contributed by atoms with E-state index in [1.807, 2.05) is 48.8 Å². The molecule has 0 atom stereocenters. The number of likely N-dealkylation sites (N-methyl/N-ethyl adjacent to an activating group) is 1. The summed E-state index contributed by atoms with van der Waals surface area (Å²) in [7, 11) is 2.17. The number of carbonyl (C=O) groups is 1. The highest BCUT2D eigenvalue weighted by atomic mass is 16.1. The minimum atomic E-state index is -0.242. The molecule has 2 N–H and O–H groups in total. The molecule has 172 valence electrons. The minimum Gasteiger partial charge on any atom is -0.369 e. The summed E-state index contributed by atoms with van der Waals surface area (Å²) in [6.45, 7) is 7.78. The van der Waals surface area contributed by atoms with E-state index < -0.39 is 0 Å². The number of piperazine rings is 1. The number of fused-ring (bicyclic) bond motifs is 1. The highest BCUT2D eigenvalue weighted by Gasteiger charge is 2.14. The number of amides is 1. The molecule has 3 heterocycles. The van der Waals surface area contributed by atoms with Gasteiger partial charge in [0.05, 0.1) is 17.4 Å². The average Bonchev–Trinajstić information content (AvgIpc) is 3.33. The van der Waals surface area contributed by atoms with Gasteiger partial charge >= 0.3 is 0 Å². The average molecular weight is 453 g/mol. The molecule has 7 nitrogen and oxygen atoms in total. The first-order chi connectivity index (χ1) is 16.6. The highest BCUT2D eigenvalue weighted by molar-refractivity contribution is 5.99. The van der Waals surface area contributed by atoms with Crippen LogP contribution in [0.4, 0.5) is 22.9 Å². The number of benzene rings is 2. The van der Waals surface area contributed by atoms with Gasteiger partial charge in [0.15, 0.2) is 0 Å². The van der Waals surface area contributed by atoms with Crippen molar-refractivity contribution in [1.29, 1.82) is 0 Å². The van der Waals surface area contributed by atoms with E-state index in [0.29, 0.717) is 5.69 Å². The van der Waals surface area contributed by atoms with Crippen molar-refractivity contribution in [2.45, 2.75) is 0 Å². The summed E-state index contributed by atoms with van der Waals surface area (Å²) in [6, 6.07) is 20.2. The van der Waals surface area contributed by atoms with Crippen LogP contribution in [0.1, 0.15) is 0 Å². The lowest BCUT2D eigenvalue weighted by atomic mass is 10.1. The molecule has 0 spiro atoms. The molecule has 1 saturated heterocycles. The van der Waals surface area contributed by atoms with Gasteiger partial charge in [-0.25, -0.2) is 4.98 Å². The van der Waals surface area contributed by atoms with Gasteiger partial charge in [-0.3, -0.25) is 4.79 Å². The van der Waals surface area contributed by atoms with Gasteiger partial charge < -0.3 is 24.8 Å². The first-order valence-corrected chi connectivity index (χ1v) is 11.4. The monoisotopic (exact) mass is 452 g/mol. The first kappa shape index (κ1) is 21.7. The molecule has 0 saturated carbocycles. The molecule has 0 aliphatic carbocycles. The van der Waals surface area contributed by atoms with Crippen molar-refractivity contribution in [3.05, 3.63) is 85.7 Å². The number of nitrogens with one attached hydrogen (secondary N) is 2. The fraction of sp³-hybridized carbons (Fsp3) is 0.185. The summed E-state index contributed by atoms with van der Waals surface area (Å²) in [5.74, 6) is 0.500. The molecule has 0 bridgehead atoms. The van der Waals surface area contributed by atoms with Gasteiger partial charge in [-0.15, -0.1) is 0 Å². The molecule has 2 aromatic heterocycles. The van der Waals surface area contributed by atoms with Crippen LogP contribution in [0.15, 0.2) is 85.7 Å². The van der Waals surface area contributed by atoms with E-state index in [1.165, 1.54) is 11.8 Å². The lowest BCUT2D eigenvalue weighted by molar-refractivity contribution is -0.111. The SMILES string of the molecule is C=CC(=O)Nc1cccc(-c2nc(Nc3ccc(N4CCN(C)CC4)cc3)cn3cccc23)c1. The summed E-state index contributed by atoms with van der Waals surface area (Å²) in [4.78, 5) is 21.4. The van der Waals surface area contributed by atoms with Crippen LogP contribution in [0.2, 0.25) is 0 Å². The molecule has 1 aliphatic heterocycles. The predicted molar refractivity (Wildman–Crippen MR) is 139 cm³/mol. The third-order valence-corrected chi connectivity index (χ3v) is 6.11. The fourth-order valence-corrected chi connectivity index (χ4v) is 4.22. The molecule has 4 aromatic rings. The van der Waals surface area contributed by atoms with Crippen LogP contribution in [0.25, 0.3) is 16.8 Å². The number of anilines is 4. The molecule has 0 unspecified atom stereocenters. The summed E-state index contributed by atoms with van der Waals surface area (Å²) >= 11 is 0. The van der Waals surface area contributed by atoms with E-state index in [0.717, 1.165) is 54.5 Å². The Morgan fingerprint density at radius 3 is 2.56 bits per heavy atom. The van der Waals surface area contributed by atoms with Crippen LogP contribution < -0.4 is 15.5 Å². The van der Waals surface area contributed by atoms with Crippen molar-refractivity contribution in [2.75, 3.05) is 48.8 Å². The van der Waals surface area contributed by atoms with Gasteiger partial charge in [0, 0.05) is 55.0 Å². The quantitative estimate of drug-likeness (QED) is 0.418. The van der Waals surface area contributed by atoms with Crippen molar-refractivity contribution in [1.82, 2.24) is 14.3 Å². The predicted octanol–water partition coefficient (Wildman–Crippen LogP) is 4.62. The summed E-state index contributed by atoms with van der Waals surface area (Å²) < 4.78 is 2.05. The third kappa shape index (κ3) is 4.65. The lowest BCUT2D eigenvalue weighted by Crippen LogP contribution is -2.44. The Balaban J connectivity index is 1.41. The zero-order chi connectivity index (χ0) is 23.5. The summed E-state index contributed by atoms with van der Waals surface area (Å²) in [5, 5.41) is 6.27. The lowest BCUT2D eigenvalue weighted by Gasteiger charge is -2.34. The minimum absolute atomic E-state index is 0.242. The fourth-order valence-electron chi connectivity index (χ4n) is 4.22. The molecule has 5 rings (SSSR count). The van der Waals surface area contributed by atoms with E-state index in [9.17, 15) is 4.79 Å². The summed E-state index contributed by atoms with van der Waals surface area (Å²) in [6.07, 6.45) is 5.25. The zero-order valence-corrected chi connectivity index (χ0v) is 19.2. The number of hydrogen-bond donors (Lipinski definition) is 2. The Labute approximate surface area is 199 Å². The third-order valence-electron chi connectivity index (χ3n) is 6.11. The molecule has 2 aromatic carbocycles. The van der Waals surface area contributed by atoms with E-state index in [1.54, 1.807) is 0 Å². The van der Waals surface area contributed by atoms with Crippen LogP contribution >= 0.6 is 0 Å². The Hall–Kier alpha value is -4.10. The Bertz CT molecular complexity index is 1320. The van der Waals surface area contributed by atoms with Crippen LogP contribution in [0.3, 0.4) is 0 Å². The van der Waals surface area contributed by atoms with Gasteiger partial charge in [-0.2, -0.15) is 0 Å². The number of rotatable bonds is 6. The number of aromatic nitrogens is 2. The molecule has 1 fully saturated rings. The second-order valence-electron chi connectivity index (χ2n) is 8.51. The number of nitrogens with zero attached hydrogens (tertiary/aromatic N) is 4. The molecule has 1 aliphatic rings. The smallest absolute Gasteiger partial charge is 0.247 e. The van der Waals surface area contributed by atoms with E-state index in [2.05, 4.69) is 62.7 Å². The number of hydrogen-bond acceptors (Lipinski definition) is 5. The van der Waals surface area contributed by atoms with Crippen molar-refractivity contribution in [3.63, 3.8) is 0 Å². The largest absolute Gasteiger partial charge is 0.369 e. The Morgan fingerprint density at radius 2 is 1.79 bits per heavy atom. The maximum atomic E-state index is 11.7. The van der Waals surface area contributed by atoms with Crippen molar-refractivity contribution in [3.8, 4) is 11.3 Å². The van der Waals surface area contributed by atoms with Gasteiger partial charge in [-0.05, 0) is 61.7 Å². The van der Waals surface area contributed by atoms with Gasteiger partial charge in [0.25, 0.3) is 0 Å². The maximum absolute atomic E-state index is 11.7. The molecular formula is C27H28N6O. The molecular weight excluding hydrogens is 424 g/mol. The highest BCUT2D eigenvalue weighted by Crippen LogP contribution is 2.29. The number of carbonyl (C=O) groups excluding carboxylic acids is 1. The standard InChI is InChI=1S/C27H28N6O/c1-3-26(34)29-22-7-4-6-20(18-22)27-24-8-5-13-33(24)19-25(30-27)28-21-9-11-23(12-10-21)32-16-14-31(2)15-17-32/h3-13,18-19,28H,1,14-17H2,2H3,(H,29,34). The van der Waals surface area contributed by atoms with E-state index in [-0.39, 0.29) is 5.91 Å². The Kier molecular flexibility index (Phi) is 6.01. The second kappa shape index (κ2) is 9.41. The molecule has 7 heteroatoms. The normalized spacial score (nSPS) is 14.2. The topological polar surface area (TPSA) is 64.9 Å². The van der Waals surface area contributed by atoms with E-state index in [4.69, 9.17) is 4.98 Å². The van der Waals surface area contributed by atoms with Crippen molar-refractivity contribution >= 4 is 34.3 Å². The molecule has 34 heavy (non-hydrogen) atoms. The van der Waals surface area contributed by atoms with Gasteiger partial charge in [0.1, 0.15) is 5.82 Å². The summed E-state index contributed by atoms with van der Waals surface area (Å²) in [5.41, 5.74) is 5.66. The van der Waals surface area contributed by atoms with Crippen molar-refractivity contribution in [2.24, 2.45) is 0 Å². The van der Waals surface area contributed by atoms with Crippen molar-refractivity contribution < 1.29 is 4.79 Å². The second-order valence-corrected chi connectivity index (χ2v) is 8.51.